The number of carbonyl (C=O) groups excluding carboxylic acids is 1. The molecule has 0 bridgehead atoms. The van der Waals surface area contributed by atoms with E-state index in [-0.39, 0.29) is 21.4 Å². The van der Waals surface area contributed by atoms with Gasteiger partial charge in [-0.3, -0.25) is 4.79 Å². The molecule has 1 atom stereocenters. The number of benzene rings is 1. The van der Waals surface area contributed by atoms with Gasteiger partial charge in [0.15, 0.2) is 5.75 Å². The van der Waals surface area contributed by atoms with Crippen LogP contribution in [0.3, 0.4) is 0 Å². The Balaban J connectivity index is 2.26. The standard InChI is InChI=1S/C13H13Cl2NO4S/c1-20-10-8(14)4-7(5-9(10)15)11(17)16-13(12(18)19)2-3-21-6-13/h4-5H,2-3,6H2,1H3,(H,16,17)(H,18,19)/t13-/m1/s1. The Hall–Kier alpha value is -1.11. The van der Waals surface area contributed by atoms with Crippen molar-refractivity contribution in [2.75, 3.05) is 18.6 Å². The number of hydrogen-bond acceptors (Lipinski definition) is 4. The minimum absolute atomic E-state index is 0.195. The van der Waals surface area contributed by atoms with Crippen LogP contribution < -0.4 is 10.1 Å². The van der Waals surface area contributed by atoms with E-state index in [1.807, 2.05) is 0 Å². The molecule has 1 heterocycles. The summed E-state index contributed by atoms with van der Waals surface area (Å²) in [5.74, 6) is -0.250. The number of amides is 1. The van der Waals surface area contributed by atoms with E-state index < -0.39 is 17.4 Å². The quantitative estimate of drug-likeness (QED) is 0.873. The van der Waals surface area contributed by atoms with Gasteiger partial charge in [-0.1, -0.05) is 23.2 Å². The van der Waals surface area contributed by atoms with Gasteiger partial charge in [0.2, 0.25) is 0 Å². The Morgan fingerprint density at radius 1 is 1.38 bits per heavy atom. The Labute approximate surface area is 135 Å². The van der Waals surface area contributed by atoms with E-state index in [0.717, 1.165) is 0 Å². The van der Waals surface area contributed by atoms with Crippen LogP contribution in [0.4, 0.5) is 0 Å². The highest BCUT2D eigenvalue weighted by atomic mass is 35.5. The minimum atomic E-state index is -1.24. The lowest BCUT2D eigenvalue weighted by molar-refractivity contribution is -0.143. The minimum Gasteiger partial charge on any atom is -0.494 e. The van der Waals surface area contributed by atoms with Crippen LogP contribution in [0.15, 0.2) is 12.1 Å². The third-order valence-corrected chi connectivity index (χ3v) is 5.00. The smallest absolute Gasteiger partial charge is 0.330 e. The average molecular weight is 350 g/mol. The van der Waals surface area contributed by atoms with Crippen LogP contribution >= 0.6 is 35.0 Å². The van der Waals surface area contributed by atoms with Gasteiger partial charge in [0.05, 0.1) is 17.2 Å². The van der Waals surface area contributed by atoms with Gasteiger partial charge in [-0.2, -0.15) is 11.8 Å². The molecule has 2 rings (SSSR count). The van der Waals surface area contributed by atoms with Gasteiger partial charge >= 0.3 is 5.97 Å². The molecular weight excluding hydrogens is 337 g/mol. The number of thioether (sulfide) groups is 1. The van der Waals surface area contributed by atoms with E-state index in [1.54, 1.807) is 0 Å². The summed E-state index contributed by atoms with van der Waals surface area (Å²) in [6, 6.07) is 2.80. The van der Waals surface area contributed by atoms with Gasteiger partial charge < -0.3 is 15.2 Å². The van der Waals surface area contributed by atoms with Crippen molar-refractivity contribution in [1.82, 2.24) is 5.32 Å². The summed E-state index contributed by atoms with van der Waals surface area (Å²) in [7, 11) is 1.42. The molecule has 1 aliphatic rings. The van der Waals surface area contributed by atoms with Gasteiger partial charge in [0.1, 0.15) is 5.54 Å². The Morgan fingerprint density at radius 3 is 2.43 bits per heavy atom. The highest BCUT2D eigenvalue weighted by molar-refractivity contribution is 7.99. The summed E-state index contributed by atoms with van der Waals surface area (Å²) < 4.78 is 5.01. The number of rotatable bonds is 4. The maximum atomic E-state index is 12.3. The number of nitrogens with one attached hydrogen (secondary N) is 1. The van der Waals surface area contributed by atoms with Crippen LogP contribution in [-0.2, 0) is 4.79 Å². The number of hydrogen-bond donors (Lipinski definition) is 2. The lowest BCUT2D eigenvalue weighted by Crippen LogP contribution is -2.54. The van der Waals surface area contributed by atoms with Crippen molar-refractivity contribution in [1.29, 1.82) is 0 Å². The van der Waals surface area contributed by atoms with E-state index in [2.05, 4.69) is 5.32 Å². The summed E-state index contributed by atoms with van der Waals surface area (Å²) in [5, 5.41) is 12.3. The summed E-state index contributed by atoms with van der Waals surface area (Å²) in [6.45, 7) is 0. The summed E-state index contributed by atoms with van der Waals surface area (Å²) in [4.78, 5) is 23.7. The fraction of sp³-hybridized carbons (Fsp3) is 0.385. The topological polar surface area (TPSA) is 75.6 Å². The average Bonchev–Trinajstić information content (AvgIpc) is 2.88. The maximum Gasteiger partial charge on any atom is 0.330 e. The predicted molar refractivity (Wildman–Crippen MR) is 82.8 cm³/mol. The number of aliphatic carboxylic acids is 1. The molecule has 0 aromatic heterocycles. The highest BCUT2D eigenvalue weighted by Crippen LogP contribution is 2.34. The van der Waals surface area contributed by atoms with Crippen molar-refractivity contribution >= 4 is 46.8 Å². The van der Waals surface area contributed by atoms with Gasteiger partial charge in [-0.15, -0.1) is 0 Å². The molecule has 1 aliphatic heterocycles. The summed E-state index contributed by atoms with van der Waals surface area (Å²) in [5.41, 5.74) is -1.04. The molecule has 1 fully saturated rings. The molecule has 1 aromatic carbocycles. The molecule has 0 unspecified atom stereocenters. The zero-order chi connectivity index (χ0) is 15.6. The van der Waals surface area contributed by atoms with Crippen LogP contribution in [0.25, 0.3) is 0 Å². The van der Waals surface area contributed by atoms with Crippen LogP contribution in [0, 0.1) is 0 Å². The molecule has 0 spiro atoms. The zero-order valence-electron chi connectivity index (χ0n) is 11.1. The normalized spacial score (nSPS) is 21.1. The Bertz CT molecular complexity index is 565. The molecule has 0 radical (unpaired) electrons. The Kier molecular flexibility index (Phi) is 4.91. The van der Waals surface area contributed by atoms with E-state index in [0.29, 0.717) is 17.9 Å². The second-order valence-corrected chi connectivity index (χ2v) is 6.54. The second kappa shape index (κ2) is 6.34. The molecule has 2 N–H and O–H groups in total. The van der Waals surface area contributed by atoms with E-state index >= 15 is 0 Å². The second-order valence-electron chi connectivity index (χ2n) is 4.62. The van der Waals surface area contributed by atoms with Crippen molar-refractivity contribution in [3.05, 3.63) is 27.7 Å². The van der Waals surface area contributed by atoms with Crippen molar-refractivity contribution in [3.8, 4) is 5.75 Å². The number of carboxylic acid groups (broad SMARTS) is 1. The first-order chi connectivity index (χ1) is 9.89. The van der Waals surface area contributed by atoms with Crippen molar-refractivity contribution in [2.45, 2.75) is 12.0 Å². The largest absolute Gasteiger partial charge is 0.494 e. The van der Waals surface area contributed by atoms with Gasteiger partial charge in [-0.25, -0.2) is 4.79 Å². The van der Waals surface area contributed by atoms with E-state index in [4.69, 9.17) is 27.9 Å². The van der Waals surface area contributed by atoms with Crippen molar-refractivity contribution in [3.63, 3.8) is 0 Å². The molecule has 21 heavy (non-hydrogen) atoms. The fourth-order valence-electron chi connectivity index (χ4n) is 2.06. The summed E-state index contributed by atoms with van der Waals surface area (Å²) >= 11 is 13.5. The third-order valence-electron chi connectivity index (χ3n) is 3.25. The van der Waals surface area contributed by atoms with Crippen LogP contribution in [0.2, 0.25) is 10.0 Å². The van der Waals surface area contributed by atoms with Crippen LogP contribution in [0.1, 0.15) is 16.8 Å². The third kappa shape index (κ3) is 3.22. The first kappa shape index (κ1) is 16.3. The molecule has 0 saturated carbocycles. The number of halogens is 2. The summed E-state index contributed by atoms with van der Waals surface area (Å²) in [6.07, 6.45) is 0.385. The molecule has 8 heteroatoms. The molecule has 114 valence electrons. The molecule has 1 aromatic rings. The Morgan fingerprint density at radius 2 is 2.00 bits per heavy atom. The fourth-order valence-corrected chi connectivity index (χ4v) is 4.03. The van der Waals surface area contributed by atoms with Crippen molar-refractivity contribution in [2.24, 2.45) is 0 Å². The SMILES string of the molecule is COc1c(Cl)cc(C(=O)N[C@]2(C(=O)O)CCSC2)cc1Cl. The zero-order valence-corrected chi connectivity index (χ0v) is 13.4. The van der Waals surface area contributed by atoms with Gasteiger partial charge in [-0.05, 0) is 24.3 Å². The van der Waals surface area contributed by atoms with Crippen LogP contribution in [0.5, 0.6) is 5.75 Å². The highest BCUT2D eigenvalue weighted by Gasteiger charge is 2.43. The number of carbonyl (C=O) groups is 2. The molecule has 1 saturated heterocycles. The molecular formula is C13H13Cl2NO4S. The van der Waals surface area contributed by atoms with Gasteiger partial charge in [0.25, 0.3) is 5.91 Å². The lowest BCUT2D eigenvalue weighted by atomic mass is 9.98. The predicted octanol–water partition coefficient (Wildman–Crippen LogP) is 2.69. The monoisotopic (exact) mass is 349 g/mol. The van der Waals surface area contributed by atoms with Crippen molar-refractivity contribution < 1.29 is 19.4 Å². The molecule has 0 aliphatic carbocycles. The molecule has 5 nitrogen and oxygen atoms in total. The maximum absolute atomic E-state index is 12.3. The van der Waals surface area contributed by atoms with E-state index in [9.17, 15) is 14.7 Å². The van der Waals surface area contributed by atoms with Gasteiger partial charge in [0, 0.05) is 11.3 Å². The first-order valence-corrected chi connectivity index (χ1v) is 7.97. The first-order valence-electron chi connectivity index (χ1n) is 6.06. The number of ether oxygens (including phenoxy) is 1. The lowest BCUT2D eigenvalue weighted by Gasteiger charge is -2.24. The number of carboxylic acids is 1. The number of methoxy groups -OCH3 is 1. The van der Waals surface area contributed by atoms with Crippen LogP contribution in [-0.4, -0.2) is 41.1 Å². The molecule has 1 amide bonds. The van der Waals surface area contributed by atoms with E-state index in [1.165, 1.54) is 31.0 Å².